The summed E-state index contributed by atoms with van der Waals surface area (Å²) < 4.78 is 15.7. The number of halogens is 1. The molecular formula is C22H29FN4O. The predicted octanol–water partition coefficient (Wildman–Crippen LogP) is 3.42. The van der Waals surface area contributed by atoms with Crippen molar-refractivity contribution in [2.75, 3.05) is 13.1 Å². The van der Waals surface area contributed by atoms with Gasteiger partial charge in [0.25, 0.3) is 0 Å². The van der Waals surface area contributed by atoms with Gasteiger partial charge in [0.2, 0.25) is 5.91 Å². The molecule has 2 aliphatic rings. The van der Waals surface area contributed by atoms with E-state index < -0.39 is 0 Å². The van der Waals surface area contributed by atoms with E-state index >= 15 is 0 Å². The Morgan fingerprint density at radius 3 is 2.89 bits per heavy atom. The third-order valence-electron chi connectivity index (χ3n) is 6.35. The van der Waals surface area contributed by atoms with Gasteiger partial charge >= 0.3 is 0 Å². The minimum Gasteiger partial charge on any atom is -0.336 e. The number of benzene rings is 1. The van der Waals surface area contributed by atoms with Crippen molar-refractivity contribution >= 4 is 5.91 Å². The summed E-state index contributed by atoms with van der Waals surface area (Å²) in [5.41, 5.74) is 1.95. The molecule has 2 aromatic rings. The zero-order valence-electron chi connectivity index (χ0n) is 16.6. The molecule has 5 nitrogen and oxygen atoms in total. The predicted molar refractivity (Wildman–Crippen MR) is 107 cm³/mol. The number of carbonyl (C=O) groups excluding carboxylic acids is 1. The van der Waals surface area contributed by atoms with E-state index in [0.29, 0.717) is 6.54 Å². The lowest BCUT2D eigenvalue weighted by atomic mass is 9.88. The van der Waals surface area contributed by atoms with Gasteiger partial charge in [0.1, 0.15) is 11.9 Å². The summed E-state index contributed by atoms with van der Waals surface area (Å²) >= 11 is 0. The van der Waals surface area contributed by atoms with Gasteiger partial charge in [-0.2, -0.15) is 5.10 Å². The van der Waals surface area contributed by atoms with Crippen LogP contribution in [-0.4, -0.2) is 45.8 Å². The van der Waals surface area contributed by atoms with Crippen molar-refractivity contribution in [3.8, 4) is 0 Å². The van der Waals surface area contributed by atoms with E-state index in [1.807, 2.05) is 30.9 Å². The van der Waals surface area contributed by atoms with Gasteiger partial charge in [0.15, 0.2) is 0 Å². The van der Waals surface area contributed by atoms with Crippen LogP contribution < -0.4 is 5.32 Å². The highest BCUT2D eigenvalue weighted by molar-refractivity contribution is 5.81. The molecule has 2 fully saturated rings. The van der Waals surface area contributed by atoms with Gasteiger partial charge < -0.3 is 10.2 Å². The highest BCUT2D eigenvalue weighted by Crippen LogP contribution is 2.37. The fourth-order valence-corrected chi connectivity index (χ4v) is 4.89. The highest BCUT2D eigenvalue weighted by Gasteiger charge is 2.45. The first-order valence-electron chi connectivity index (χ1n) is 10.4. The van der Waals surface area contributed by atoms with Crippen LogP contribution in [0.5, 0.6) is 0 Å². The largest absolute Gasteiger partial charge is 0.336 e. The molecule has 28 heavy (non-hydrogen) atoms. The number of hydrogen-bond acceptors (Lipinski definition) is 3. The molecule has 2 aliphatic heterocycles. The van der Waals surface area contributed by atoms with Crippen molar-refractivity contribution in [3.05, 3.63) is 53.6 Å². The molecule has 4 rings (SSSR count). The number of hydrogen-bond donors (Lipinski definition) is 1. The molecule has 3 heterocycles. The fourth-order valence-electron chi connectivity index (χ4n) is 4.89. The molecule has 1 amide bonds. The lowest BCUT2D eigenvalue weighted by molar-refractivity contribution is -0.135. The van der Waals surface area contributed by atoms with Crippen molar-refractivity contribution in [2.45, 2.75) is 63.6 Å². The van der Waals surface area contributed by atoms with Crippen molar-refractivity contribution in [1.29, 1.82) is 0 Å². The number of nitrogens with zero attached hydrogens (tertiary/aromatic N) is 3. The van der Waals surface area contributed by atoms with E-state index in [2.05, 4.69) is 10.4 Å². The highest BCUT2D eigenvalue weighted by atomic mass is 19.1. The average Bonchev–Trinajstić information content (AvgIpc) is 3.23. The third kappa shape index (κ3) is 3.58. The van der Waals surface area contributed by atoms with Crippen LogP contribution in [0.4, 0.5) is 4.39 Å². The first-order valence-corrected chi connectivity index (χ1v) is 10.4. The molecule has 1 aromatic carbocycles. The summed E-state index contributed by atoms with van der Waals surface area (Å²) in [6, 6.07) is 8.74. The summed E-state index contributed by atoms with van der Waals surface area (Å²) in [6.07, 6.45) is 6.17. The van der Waals surface area contributed by atoms with Gasteiger partial charge in [-0.1, -0.05) is 25.0 Å². The number of nitrogens with one attached hydrogen (secondary N) is 1. The number of aryl methyl sites for hydroxylation is 1. The molecule has 0 aliphatic carbocycles. The first-order chi connectivity index (χ1) is 13.6. The van der Waals surface area contributed by atoms with E-state index in [0.717, 1.165) is 37.1 Å². The zero-order valence-corrected chi connectivity index (χ0v) is 16.6. The van der Waals surface area contributed by atoms with Gasteiger partial charge in [0, 0.05) is 36.4 Å². The summed E-state index contributed by atoms with van der Waals surface area (Å²) in [5, 5.41) is 8.02. The van der Waals surface area contributed by atoms with Gasteiger partial charge in [-0.3, -0.25) is 9.48 Å². The van der Waals surface area contributed by atoms with E-state index in [-0.39, 0.29) is 35.8 Å². The smallest absolute Gasteiger partial charge is 0.247 e. The van der Waals surface area contributed by atoms with Gasteiger partial charge in [-0.05, 0) is 57.0 Å². The van der Waals surface area contributed by atoms with Crippen LogP contribution in [0.3, 0.4) is 0 Å². The summed E-state index contributed by atoms with van der Waals surface area (Å²) in [5.74, 6) is -0.0121. The molecule has 0 bridgehead atoms. The van der Waals surface area contributed by atoms with Crippen LogP contribution in [-0.2, 0) is 4.79 Å². The third-order valence-corrected chi connectivity index (χ3v) is 6.35. The second kappa shape index (κ2) is 8.03. The van der Waals surface area contributed by atoms with Crippen LogP contribution in [0.2, 0.25) is 0 Å². The molecule has 2 saturated heterocycles. The Bertz CT molecular complexity index is 835. The molecule has 1 aromatic heterocycles. The summed E-state index contributed by atoms with van der Waals surface area (Å²) in [4.78, 5) is 15.5. The molecule has 1 unspecified atom stereocenters. The Hall–Kier alpha value is -2.21. The second-order valence-corrected chi connectivity index (χ2v) is 8.14. The van der Waals surface area contributed by atoms with Crippen molar-refractivity contribution in [1.82, 2.24) is 20.0 Å². The van der Waals surface area contributed by atoms with E-state index in [9.17, 15) is 9.18 Å². The lowest BCUT2D eigenvalue weighted by Crippen LogP contribution is -2.48. The quantitative estimate of drug-likeness (QED) is 0.882. The monoisotopic (exact) mass is 384 g/mol. The average molecular weight is 384 g/mol. The maximum atomic E-state index is 13.9. The van der Waals surface area contributed by atoms with Crippen LogP contribution in [0.1, 0.15) is 55.8 Å². The van der Waals surface area contributed by atoms with Crippen molar-refractivity contribution < 1.29 is 9.18 Å². The number of rotatable bonds is 3. The van der Waals surface area contributed by atoms with E-state index in [4.69, 9.17) is 0 Å². The Kier molecular flexibility index (Phi) is 5.49. The van der Waals surface area contributed by atoms with E-state index in [1.54, 1.807) is 23.0 Å². The molecule has 4 atom stereocenters. The van der Waals surface area contributed by atoms with Gasteiger partial charge in [-0.25, -0.2) is 4.39 Å². The normalized spacial score (nSPS) is 26.4. The summed E-state index contributed by atoms with van der Waals surface area (Å²) in [6.45, 7) is 5.46. The maximum Gasteiger partial charge on any atom is 0.247 e. The van der Waals surface area contributed by atoms with Gasteiger partial charge in [0.05, 0.1) is 0 Å². The standard InChI is InChI=1S/C22H29FN4O/c1-15-10-12-25-27(15)16(2)22(28)26-14-19(17-7-6-8-18(23)13-17)21-20(26)9-4-3-5-11-24-21/h6-8,10,12-13,16,19-21,24H,3-5,9,11,14H2,1-2H3/t16?,19-,20+,21-/m0/s1. The van der Waals surface area contributed by atoms with Gasteiger partial charge in [-0.15, -0.1) is 0 Å². The maximum absolute atomic E-state index is 13.9. The molecule has 1 N–H and O–H groups in total. The number of amides is 1. The second-order valence-electron chi connectivity index (χ2n) is 8.14. The molecule has 0 spiro atoms. The van der Waals surface area contributed by atoms with Crippen LogP contribution >= 0.6 is 0 Å². The molecule has 150 valence electrons. The Morgan fingerprint density at radius 2 is 2.14 bits per heavy atom. The summed E-state index contributed by atoms with van der Waals surface area (Å²) in [7, 11) is 0. The Labute approximate surface area is 165 Å². The molecular weight excluding hydrogens is 355 g/mol. The number of likely N-dealkylation sites (tertiary alicyclic amines) is 1. The topological polar surface area (TPSA) is 50.2 Å². The molecule has 0 radical (unpaired) electrons. The SMILES string of the molecule is Cc1ccnn1C(C)C(=O)N1C[C@@H](c2cccc(F)c2)[C@@H]2NCCCCC[C@H]21. The zero-order chi connectivity index (χ0) is 19.7. The number of carbonyl (C=O) groups is 1. The first kappa shape index (κ1) is 19.1. The van der Waals surface area contributed by atoms with Crippen molar-refractivity contribution in [2.24, 2.45) is 0 Å². The molecule has 0 saturated carbocycles. The minimum absolute atomic E-state index is 0.100. The Balaban J connectivity index is 1.64. The van der Waals surface area contributed by atoms with Crippen LogP contribution in [0.25, 0.3) is 0 Å². The number of aromatic nitrogens is 2. The van der Waals surface area contributed by atoms with Crippen molar-refractivity contribution in [3.63, 3.8) is 0 Å². The van der Waals surface area contributed by atoms with E-state index in [1.165, 1.54) is 12.5 Å². The van der Waals surface area contributed by atoms with Crippen LogP contribution in [0, 0.1) is 12.7 Å². The van der Waals surface area contributed by atoms with Crippen LogP contribution in [0.15, 0.2) is 36.5 Å². The number of fused-ring (bicyclic) bond motifs is 1. The lowest BCUT2D eigenvalue weighted by Gasteiger charge is -2.32. The fraction of sp³-hybridized carbons (Fsp3) is 0.545. The Morgan fingerprint density at radius 1 is 1.29 bits per heavy atom. The minimum atomic E-state index is -0.340. The molecule has 6 heteroatoms.